The monoisotopic (exact) mass is 522 g/mol. The summed E-state index contributed by atoms with van der Waals surface area (Å²) in [5.41, 5.74) is 3.78. The number of amides is 1. The third kappa shape index (κ3) is 7.00. The van der Waals surface area contributed by atoms with Crippen LogP contribution >= 0.6 is 9.24 Å². The van der Waals surface area contributed by atoms with Crippen molar-refractivity contribution in [3.8, 4) is 6.07 Å². The van der Waals surface area contributed by atoms with Gasteiger partial charge < -0.3 is 24.1 Å². The highest BCUT2D eigenvalue weighted by atomic mass is 31.0. The van der Waals surface area contributed by atoms with Gasteiger partial charge in [0, 0.05) is 36.7 Å². The van der Waals surface area contributed by atoms with E-state index in [0.29, 0.717) is 50.2 Å². The zero-order valence-corrected chi connectivity index (χ0v) is 22.9. The maximum atomic E-state index is 12.5. The number of nitrogens with zero attached hydrogens (tertiary/aromatic N) is 3. The van der Waals surface area contributed by atoms with Crippen molar-refractivity contribution in [1.29, 1.82) is 5.26 Å². The first-order chi connectivity index (χ1) is 17.8. The van der Waals surface area contributed by atoms with Gasteiger partial charge in [0.15, 0.2) is 0 Å². The molecule has 1 atom stereocenters. The smallest absolute Gasteiger partial charge is 0.410 e. The van der Waals surface area contributed by atoms with Crippen molar-refractivity contribution < 1.29 is 19.0 Å². The fourth-order valence-corrected chi connectivity index (χ4v) is 4.58. The van der Waals surface area contributed by atoms with Gasteiger partial charge in [0.25, 0.3) is 0 Å². The lowest BCUT2D eigenvalue weighted by Gasteiger charge is -2.24. The summed E-state index contributed by atoms with van der Waals surface area (Å²) in [7, 11) is 2.66. The molecule has 0 bridgehead atoms. The highest BCUT2D eigenvalue weighted by molar-refractivity contribution is 7.16. The summed E-state index contributed by atoms with van der Waals surface area (Å²) in [6.45, 7) is 7.94. The topological polar surface area (TPSA) is 100 Å². The van der Waals surface area contributed by atoms with Crippen molar-refractivity contribution in [3.63, 3.8) is 0 Å². The summed E-state index contributed by atoms with van der Waals surface area (Å²) >= 11 is 0. The van der Waals surface area contributed by atoms with Crippen molar-refractivity contribution >= 4 is 31.9 Å². The van der Waals surface area contributed by atoms with Crippen molar-refractivity contribution in [1.82, 2.24) is 14.9 Å². The molecule has 1 unspecified atom stereocenters. The molecule has 1 fully saturated rings. The number of nitriles is 1. The van der Waals surface area contributed by atoms with E-state index in [4.69, 9.17) is 14.2 Å². The van der Waals surface area contributed by atoms with Crippen LogP contribution in [0.1, 0.15) is 44.9 Å². The summed E-state index contributed by atoms with van der Waals surface area (Å²) in [4.78, 5) is 22.0. The summed E-state index contributed by atoms with van der Waals surface area (Å²) in [6.07, 6.45) is 10.3. The third-order valence-electron chi connectivity index (χ3n) is 6.22. The van der Waals surface area contributed by atoms with Gasteiger partial charge in [0.05, 0.1) is 25.3 Å². The predicted molar refractivity (Wildman–Crippen MR) is 147 cm³/mol. The van der Waals surface area contributed by atoms with E-state index >= 15 is 0 Å². The molecule has 0 saturated carbocycles. The Kier molecular flexibility index (Phi) is 8.68. The second-order valence-corrected chi connectivity index (χ2v) is 10.6. The molecular formula is C28H35N4O4P. The van der Waals surface area contributed by atoms with Crippen molar-refractivity contribution in [2.24, 2.45) is 0 Å². The Hall–Kier alpha value is -3.14. The molecule has 0 aliphatic carbocycles. The van der Waals surface area contributed by atoms with Crippen LogP contribution in [0, 0.1) is 11.3 Å². The molecule has 2 aromatic heterocycles. The Bertz CT molecular complexity index is 1260. The number of aromatic nitrogens is 2. The number of fused-ring (bicyclic) bond motifs is 1. The Balaban J connectivity index is 1.50. The highest BCUT2D eigenvalue weighted by Crippen LogP contribution is 2.28. The first-order valence-electron chi connectivity index (χ1n) is 12.7. The minimum atomic E-state index is -0.531. The predicted octanol–water partition coefficient (Wildman–Crippen LogP) is 5.14. The Morgan fingerprint density at radius 3 is 2.84 bits per heavy atom. The molecule has 1 saturated heterocycles. The highest BCUT2D eigenvalue weighted by Gasteiger charge is 2.26. The molecular weight excluding hydrogens is 487 g/mol. The van der Waals surface area contributed by atoms with E-state index < -0.39 is 5.60 Å². The normalized spacial score (nSPS) is 17.6. The molecule has 0 spiro atoms. The standard InChI is InChI=1S/C28H35N4O4P/c1-28(2,3)36-27(33)32-12-7-21(18-32)24-16-23-19(6-11-30-26(23)31-24)4-5-20(17-29)25(10-15-37)35-22-8-13-34-14-9-22/h5-7,10-11,16,22H,4,8-9,12-15,18,37H2,1-3H3,(H,30,31)/b20-5-,25-10+. The van der Waals surface area contributed by atoms with Crippen LogP contribution in [0.5, 0.6) is 0 Å². The fourth-order valence-electron chi connectivity index (χ4n) is 4.36. The van der Waals surface area contributed by atoms with Crippen LogP contribution in [0.25, 0.3) is 16.6 Å². The van der Waals surface area contributed by atoms with Crippen LogP contribution in [-0.4, -0.2) is 65.1 Å². The second-order valence-electron chi connectivity index (χ2n) is 10.2. The maximum absolute atomic E-state index is 12.5. The molecule has 2 aromatic rings. The average Bonchev–Trinajstić information content (AvgIpc) is 3.52. The summed E-state index contributed by atoms with van der Waals surface area (Å²) in [5, 5.41) is 10.9. The third-order valence-corrected chi connectivity index (χ3v) is 6.45. The van der Waals surface area contributed by atoms with Gasteiger partial charge in [-0.2, -0.15) is 5.26 Å². The number of carbonyl (C=O) groups is 1. The number of pyridine rings is 1. The molecule has 2 aliphatic heterocycles. The SMILES string of the molecule is CC(C)(C)OC(=O)N1CC=C(c2cc3c(C/C=C(C#N)\C(=C/CP)OC4CCOCC4)ccnc3[nH]2)C1. The number of rotatable bonds is 7. The van der Waals surface area contributed by atoms with Gasteiger partial charge in [-0.25, -0.2) is 9.78 Å². The van der Waals surface area contributed by atoms with Gasteiger partial charge in [0.2, 0.25) is 0 Å². The minimum absolute atomic E-state index is 0.0631. The Morgan fingerprint density at radius 2 is 2.14 bits per heavy atom. The van der Waals surface area contributed by atoms with Gasteiger partial charge in [-0.15, -0.1) is 9.24 Å². The van der Waals surface area contributed by atoms with Crippen molar-refractivity contribution in [2.75, 3.05) is 32.5 Å². The number of ether oxygens (including phenoxy) is 3. The number of nitrogens with one attached hydrogen (secondary N) is 1. The minimum Gasteiger partial charge on any atom is -0.489 e. The molecule has 4 heterocycles. The quantitative estimate of drug-likeness (QED) is 0.234. The van der Waals surface area contributed by atoms with E-state index in [9.17, 15) is 10.1 Å². The van der Waals surface area contributed by atoms with E-state index in [1.807, 2.05) is 45.1 Å². The Morgan fingerprint density at radius 1 is 1.35 bits per heavy atom. The van der Waals surface area contributed by atoms with E-state index in [-0.39, 0.29) is 12.2 Å². The van der Waals surface area contributed by atoms with Gasteiger partial charge in [0.1, 0.15) is 29.2 Å². The lowest BCUT2D eigenvalue weighted by molar-refractivity contribution is -0.00147. The molecule has 196 valence electrons. The molecule has 0 aromatic carbocycles. The molecule has 9 heteroatoms. The number of H-pyrrole nitrogens is 1. The molecule has 0 radical (unpaired) electrons. The Labute approximate surface area is 220 Å². The summed E-state index contributed by atoms with van der Waals surface area (Å²) in [6, 6.07) is 6.36. The van der Waals surface area contributed by atoms with Gasteiger partial charge in [-0.1, -0.05) is 12.2 Å². The van der Waals surface area contributed by atoms with E-state index in [2.05, 4.69) is 31.3 Å². The molecule has 4 rings (SSSR count). The van der Waals surface area contributed by atoms with Crippen LogP contribution in [-0.2, 0) is 20.6 Å². The molecule has 37 heavy (non-hydrogen) atoms. The average molecular weight is 523 g/mol. The van der Waals surface area contributed by atoms with E-state index in [1.54, 1.807) is 11.1 Å². The first kappa shape index (κ1) is 26.9. The van der Waals surface area contributed by atoms with Gasteiger partial charge in [-0.05, 0) is 62.7 Å². The van der Waals surface area contributed by atoms with Crippen LogP contribution in [0.15, 0.2) is 47.9 Å². The van der Waals surface area contributed by atoms with Crippen LogP contribution < -0.4 is 0 Å². The maximum Gasteiger partial charge on any atom is 0.410 e. The van der Waals surface area contributed by atoms with Gasteiger partial charge in [-0.3, -0.25) is 0 Å². The lowest BCUT2D eigenvalue weighted by atomic mass is 10.1. The van der Waals surface area contributed by atoms with E-state index in [1.165, 1.54) is 0 Å². The zero-order chi connectivity index (χ0) is 26.4. The number of allylic oxidation sites excluding steroid dienone is 3. The number of hydrogen-bond acceptors (Lipinski definition) is 6. The summed E-state index contributed by atoms with van der Waals surface area (Å²) in [5.74, 6) is 0.628. The van der Waals surface area contributed by atoms with E-state index in [0.717, 1.165) is 40.7 Å². The molecule has 8 nitrogen and oxygen atoms in total. The summed E-state index contributed by atoms with van der Waals surface area (Å²) < 4.78 is 17.1. The van der Waals surface area contributed by atoms with Crippen LogP contribution in [0.3, 0.4) is 0 Å². The van der Waals surface area contributed by atoms with Gasteiger partial charge >= 0.3 is 6.09 Å². The lowest BCUT2D eigenvalue weighted by Crippen LogP contribution is -2.35. The zero-order valence-electron chi connectivity index (χ0n) is 21.8. The number of carbonyl (C=O) groups excluding carboxylic acids is 1. The van der Waals surface area contributed by atoms with Crippen molar-refractivity contribution in [2.45, 2.75) is 51.7 Å². The first-order valence-corrected chi connectivity index (χ1v) is 13.5. The molecule has 1 amide bonds. The molecule has 2 aliphatic rings. The van der Waals surface area contributed by atoms with Crippen molar-refractivity contribution in [3.05, 3.63) is 59.1 Å². The fraction of sp³-hybridized carbons (Fsp3) is 0.464. The molecule has 1 N–H and O–H groups in total. The second kappa shape index (κ2) is 11.9. The number of hydrogen-bond donors (Lipinski definition) is 1. The van der Waals surface area contributed by atoms with Crippen LogP contribution in [0.2, 0.25) is 0 Å². The largest absolute Gasteiger partial charge is 0.489 e. The van der Waals surface area contributed by atoms with Crippen LogP contribution in [0.4, 0.5) is 4.79 Å². The number of aromatic amines is 1.